The van der Waals surface area contributed by atoms with Crippen molar-refractivity contribution in [2.24, 2.45) is 5.92 Å². The van der Waals surface area contributed by atoms with Gasteiger partial charge in [-0.2, -0.15) is 0 Å². The SMILES string of the molecule is CCC(C)CN(CC(O)C(Cc1ccccc1)NC(=O)C(CN(C)c1ccc(F)cc1F)OC=O)Sc1ccc(N)cc1. The van der Waals surface area contributed by atoms with Gasteiger partial charge in [-0.1, -0.05) is 50.6 Å². The number of aliphatic hydroxyl groups excluding tert-OH is 1. The third-order valence-corrected chi connectivity index (χ3v) is 8.12. The fourth-order valence-corrected chi connectivity index (χ4v) is 5.57. The smallest absolute Gasteiger partial charge is 0.293 e. The molecular weight excluding hydrogens is 574 g/mol. The zero-order valence-electron chi connectivity index (χ0n) is 24.7. The molecule has 0 saturated carbocycles. The zero-order chi connectivity index (χ0) is 31.4. The molecule has 0 heterocycles. The molecule has 0 saturated heterocycles. The van der Waals surface area contributed by atoms with Gasteiger partial charge in [0, 0.05) is 36.8 Å². The second-order valence-corrected chi connectivity index (χ2v) is 11.8. The highest BCUT2D eigenvalue weighted by atomic mass is 32.2. The van der Waals surface area contributed by atoms with Crippen LogP contribution in [0.2, 0.25) is 0 Å². The molecule has 0 aromatic heterocycles. The molecule has 3 rings (SSSR count). The van der Waals surface area contributed by atoms with Crippen molar-refractivity contribution in [3.8, 4) is 0 Å². The number of amides is 1. The van der Waals surface area contributed by atoms with Crippen molar-refractivity contribution in [3.05, 3.63) is 90.0 Å². The van der Waals surface area contributed by atoms with Crippen LogP contribution in [0.3, 0.4) is 0 Å². The maximum atomic E-state index is 14.4. The Balaban J connectivity index is 1.80. The Morgan fingerprint density at radius 2 is 1.77 bits per heavy atom. The Morgan fingerprint density at radius 3 is 2.40 bits per heavy atom. The predicted molar refractivity (Wildman–Crippen MR) is 166 cm³/mol. The second-order valence-electron chi connectivity index (χ2n) is 10.6. The van der Waals surface area contributed by atoms with Crippen LogP contribution >= 0.6 is 11.9 Å². The number of anilines is 2. The number of nitrogens with zero attached hydrogens (tertiary/aromatic N) is 2. The maximum absolute atomic E-state index is 14.4. The van der Waals surface area contributed by atoms with Gasteiger partial charge >= 0.3 is 0 Å². The standard InChI is InChI=1S/C32H40F2N4O4S/c1-4-22(2)18-38(43-26-13-11-25(35)12-14-26)19-30(40)28(16-23-8-6-5-7-9-23)36-32(41)31(42-21-39)20-37(3)29-15-10-24(33)17-27(29)34/h5-15,17,21-22,28,30-31,40H,4,16,18-20,35H2,1-3H3,(H,36,41). The molecule has 0 aliphatic heterocycles. The second kappa shape index (κ2) is 16.8. The molecule has 0 radical (unpaired) electrons. The van der Waals surface area contributed by atoms with Gasteiger partial charge in [0.15, 0.2) is 6.10 Å². The Labute approximate surface area is 256 Å². The van der Waals surface area contributed by atoms with E-state index in [1.165, 1.54) is 30.0 Å². The summed E-state index contributed by atoms with van der Waals surface area (Å²) in [6, 6.07) is 19.2. The van der Waals surface area contributed by atoms with Gasteiger partial charge in [0.2, 0.25) is 0 Å². The summed E-state index contributed by atoms with van der Waals surface area (Å²) in [6.07, 6.45) is -1.06. The number of aliphatic hydroxyl groups is 1. The summed E-state index contributed by atoms with van der Waals surface area (Å²) in [5.74, 6) is -1.85. The van der Waals surface area contributed by atoms with E-state index in [-0.39, 0.29) is 25.2 Å². The van der Waals surface area contributed by atoms with Gasteiger partial charge < -0.3 is 25.8 Å². The van der Waals surface area contributed by atoms with E-state index >= 15 is 0 Å². The number of likely N-dealkylation sites (N-methyl/N-ethyl adjacent to an activating group) is 1. The van der Waals surface area contributed by atoms with Gasteiger partial charge in [-0.05, 0) is 66.2 Å². The minimum absolute atomic E-state index is 0.0370. The van der Waals surface area contributed by atoms with Gasteiger partial charge in [0.05, 0.1) is 24.4 Å². The molecule has 0 aliphatic carbocycles. The first-order valence-electron chi connectivity index (χ1n) is 14.2. The van der Waals surface area contributed by atoms with E-state index in [9.17, 15) is 23.5 Å². The first kappa shape index (κ1) is 33.8. The molecule has 0 spiro atoms. The lowest BCUT2D eigenvalue weighted by Crippen LogP contribution is -2.53. The lowest BCUT2D eigenvalue weighted by molar-refractivity contribution is -0.145. The van der Waals surface area contributed by atoms with E-state index in [2.05, 4.69) is 23.5 Å². The fraction of sp³-hybridized carbons (Fsp3) is 0.375. The highest BCUT2D eigenvalue weighted by Crippen LogP contribution is 2.26. The average Bonchev–Trinajstić information content (AvgIpc) is 2.98. The van der Waals surface area contributed by atoms with Gasteiger partial charge in [-0.3, -0.25) is 9.59 Å². The van der Waals surface area contributed by atoms with E-state index in [0.29, 0.717) is 24.6 Å². The van der Waals surface area contributed by atoms with Crippen molar-refractivity contribution < 1.29 is 28.2 Å². The summed E-state index contributed by atoms with van der Waals surface area (Å²) in [4.78, 5) is 27.1. The van der Waals surface area contributed by atoms with Crippen LogP contribution in [0.4, 0.5) is 20.2 Å². The van der Waals surface area contributed by atoms with Crippen molar-refractivity contribution in [3.63, 3.8) is 0 Å². The summed E-state index contributed by atoms with van der Waals surface area (Å²) in [7, 11) is 1.50. The molecule has 0 fully saturated rings. The molecule has 3 aromatic carbocycles. The van der Waals surface area contributed by atoms with E-state index < -0.39 is 35.8 Å². The van der Waals surface area contributed by atoms with E-state index in [1.54, 1.807) is 0 Å². The molecule has 11 heteroatoms. The average molecular weight is 615 g/mol. The van der Waals surface area contributed by atoms with Crippen LogP contribution in [-0.4, -0.2) is 66.7 Å². The topological polar surface area (TPSA) is 108 Å². The molecule has 4 atom stereocenters. The molecule has 4 N–H and O–H groups in total. The number of nitrogens with two attached hydrogens (primary N) is 1. The number of rotatable bonds is 17. The minimum Gasteiger partial charge on any atom is -0.453 e. The van der Waals surface area contributed by atoms with Crippen molar-refractivity contribution in [2.45, 2.75) is 49.8 Å². The Morgan fingerprint density at radius 1 is 1.07 bits per heavy atom. The van der Waals surface area contributed by atoms with E-state index in [4.69, 9.17) is 10.5 Å². The van der Waals surface area contributed by atoms with Crippen LogP contribution in [-0.2, 0) is 20.7 Å². The number of nitrogens with one attached hydrogen (secondary N) is 1. The molecule has 232 valence electrons. The monoisotopic (exact) mass is 614 g/mol. The predicted octanol–water partition coefficient (Wildman–Crippen LogP) is 4.67. The summed E-state index contributed by atoms with van der Waals surface area (Å²) in [5.41, 5.74) is 7.44. The molecule has 0 bridgehead atoms. The fourth-order valence-electron chi connectivity index (χ4n) is 4.46. The van der Waals surface area contributed by atoms with Crippen molar-refractivity contribution in [1.82, 2.24) is 9.62 Å². The van der Waals surface area contributed by atoms with Crippen LogP contribution in [0.1, 0.15) is 25.8 Å². The van der Waals surface area contributed by atoms with Crippen LogP contribution in [0.25, 0.3) is 0 Å². The normalized spacial score (nSPS) is 14.0. The third kappa shape index (κ3) is 10.8. The maximum Gasteiger partial charge on any atom is 0.293 e. The van der Waals surface area contributed by atoms with Gasteiger partial charge in [-0.25, -0.2) is 13.1 Å². The van der Waals surface area contributed by atoms with Crippen molar-refractivity contribution in [1.29, 1.82) is 0 Å². The first-order chi connectivity index (χ1) is 20.6. The number of halogens is 2. The van der Waals surface area contributed by atoms with Gasteiger partial charge in [-0.15, -0.1) is 0 Å². The zero-order valence-corrected chi connectivity index (χ0v) is 25.5. The highest BCUT2D eigenvalue weighted by molar-refractivity contribution is 7.97. The number of ether oxygens (including phenoxy) is 1. The molecule has 3 aromatic rings. The minimum atomic E-state index is -1.32. The summed E-state index contributed by atoms with van der Waals surface area (Å²) >= 11 is 1.50. The van der Waals surface area contributed by atoms with Crippen molar-refractivity contribution in [2.75, 3.05) is 37.3 Å². The first-order valence-corrected chi connectivity index (χ1v) is 14.9. The Kier molecular flexibility index (Phi) is 13.2. The van der Waals surface area contributed by atoms with E-state index in [1.807, 2.05) is 54.6 Å². The number of carbonyl (C=O) groups is 2. The number of benzene rings is 3. The van der Waals surface area contributed by atoms with E-state index in [0.717, 1.165) is 29.0 Å². The molecule has 0 aliphatic rings. The molecular formula is C32H40F2N4O4S. The summed E-state index contributed by atoms with van der Waals surface area (Å²) in [5, 5.41) is 14.4. The number of carbonyl (C=O) groups excluding carboxylic acids is 2. The Bertz CT molecular complexity index is 1300. The summed E-state index contributed by atoms with van der Waals surface area (Å²) in [6.45, 7) is 5.12. The van der Waals surface area contributed by atoms with Crippen LogP contribution in [0.5, 0.6) is 0 Å². The van der Waals surface area contributed by atoms with Gasteiger partial charge in [0.25, 0.3) is 12.4 Å². The molecule has 1 amide bonds. The molecule has 4 unspecified atom stereocenters. The van der Waals surface area contributed by atoms with Gasteiger partial charge in [0.1, 0.15) is 11.6 Å². The Hall–Kier alpha value is -3.67. The molecule has 8 nitrogen and oxygen atoms in total. The number of nitrogen functional groups attached to an aromatic ring is 1. The number of hydrogen-bond acceptors (Lipinski definition) is 8. The van der Waals surface area contributed by atoms with Crippen LogP contribution in [0.15, 0.2) is 77.7 Å². The van der Waals surface area contributed by atoms with Crippen molar-refractivity contribution >= 4 is 35.7 Å². The highest BCUT2D eigenvalue weighted by Gasteiger charge is 2.30. The quantitative estimate of drug-likeness (QED) is 0.114. The third-order valence-electron chi connectivity index (χ3n) is 7.08. The largest absolute Gasteiger partial charge is 0.453 e. The lowest BCUT2D eigenvalue weighted by Gasteiger charge is -2.32. The number of hydrogen-bond donors (Lipinski definition) is 3. The van der Waals surface area contributed by atoms with Crippen LogP contribution < -0.4 is 16.0 Å². The lowest BCUT2D eigenvalue weighted by atomic mass is 10.00. The van der Waals surface area contributed by atoms with Crippen LogP contribution in [0, 0.1) is 17.6 Å². The molecule has 43 heavy (non-hydrogen) atoms. The summed E-state index contributed by atoms with van der Waals surface area (Å²) < 4.78 is 34.9.